The molecule has 0 aliphatic carbocycles. The number of carbonyl (C=O) groups is 1. The molecule has 0 bridgehead atoms. The van der Waals surface area contributed by atoms with Crippen molar-refractivity contribution >= 4 is 5.91 Å². The Morgan fingerprint density at radius 1 is 1.27 bits per heavy atom. The van der Waals surface area contributed by atoms with E-state index in [1.165, 1.54) is 0 Å². The highest BCUT2D eigenvalue weighted by Gasteiger charge is 2.13. The molecular weight excluding hydrogens is 190 g/mol. The van der Waals surface area contributed by atoms with E-state index in [2.05, 4.69) is 30.8 Å². The number of benzene rings is 1. The number of carbonyl (C=O) groups excluding carboxylic acids is 1. The van der Waals surface area contributed by atoms with E-state index in [9.17, 15) is 4.79 Å². The maximum Gasteiger partial charge on any atom is 0.249 e. The summed E-state index contributed by atoms with van der Waals surface area (Å²) in [5.74, 6) is -0.544. The molecule has 0 saturated heterocycles. The smallest absolute Gasteiger partial charge is 0.249 e. The topological polar surface area (TPSA) is 65.8 Å². The molecule has 0 aromatic heterocycles. The molecule has 0 spiro atoms. The van der Waals surface area contributed by atoms with Gasteiger partial charge in [0, 0.05) is 10.5 Å². The summed E-state index contributed by atoms with van der Waals surface area (Å²) in [7, 11) is 0. The lowest BCUT2D eigenvalue weighted by molar-refractivity contribution is 0.100. The van der Waals surface area contributed by atoms with Crippen LogP contribution in [0.1, 0.15) is 36.7 Å². The van der Waals surface area contributed by atoms with Gasteiger partial charge < -0.3 is 0 Å². The Labute approximate surface area is 88.6 Å². The highest BCUT2D eigenvalue weighted by molar-refractivity contribution is 5.94. The van der Waals surface area contributed by atoms with E-state index in [1.807, 2.05) is 12.1 Å². The molecule has 0 heterocycles. The molecule has 0 N–H and O–H groups in total. The van der Waals surface area contributed by atoms with Crippen LogP contribution in [0.3, 0.4) is 0 Å². The molecule has 0 atom stereocenters. The van der Waals surface area contributed by atoms with Gasteiger partial charge in [-0.05, 0) is 21.6 Å². The highest BCUT2D eigenvalue weighted by Crippen LogP contribution is 2.22. The van der Waals surface area contributed by atoms with Crippen LogP contribution in [-0.2, 0) is 5.41 Å². The van der Waals surface area contributed by atoms with Crippen molar-refractivity contribution in [2.75, 3.05) is 0 Å². The summed E-state index contributed by atoms with van der Waals surface area (Å²) in [4.78, 5) is 13.6. The van der Waals surface area contributed by atoms with Gasteiger partial charge in [0.1, 0.15) is 0 Å². The van der Waals surface area contributed by atoms with Crippen LogP contribution in [0.25, 0.3) is 10.4 Å². The molecule has 0 aliphatic rings. The lowest BCUT2D eigenvalue weighted by Gasteiger charge is -2.18. The SMILES string of the molecule is CC(C)(C)c1ccc(C(=O)N=[N+]=[N-])cc1. The summed E-state index contributed by atoms with van der Waals surface area (Å²) in [6.45, 7) is 6.28. The fraction of sp³-hybridized carbons (Fsp3) is 0.364. The summed E-state index contributed by atoms with van der Waals surface area (Å²) in [6.07, 6.45) is 0. The zero-order chi connectivity index (χ0) is 11.5. The Morgan fingerprint density at radius 2 is 1.80 bits per heavy atom. The van der Waals surface area contributed by atoms with Crippen LogP contribution in [-0.4, -0.2) is 5.91 Å². The second kappa shape index (κ2) is 4.15. The molecule has 15 heavy (non-hydrogen) atoms. The Morgan fingerprint density at radius 3 is 2.20 bits per heavy atom. The highest BCUT2D eigenvalue weighted by atomic mass is 16.1. The standard InChI is InChI=1S/C11H13N3O/c1-11(2,3)9-6-4-8(5-7-9)10(15)13-14-12/h4-7H,1-3H3. The van der Waals surface area contributed by atoms with Crippen LogP contribution in [0, 0.1) is 0 Å². The first-order valence-electron chi connectivity index (χ1n) is 4.65. The van der Waals surface area contributed by atoms with Crippen LogP contribution in [0.5, 0.6) is 0 Å². The number of nitrogens with zero attached hydrogens (tertiary/aromatic N) is 3. The van der Waals surface area contributed by atoms with E-state index in [4.69, 9.17) is 5.53 Å². The zero-order valence-electron chi connectivity index (χ0n) is 9.06. The van der Waals surface area contributed by atoms with Crippen molar-refractivity contribution in [1.82, 2.24) is 0 Å². The van der Waals surface area contributed by atoms with Crippen LogP contribution < -0.4 is 0 Å². The predicted molar refractivity (Wildman–Crippen MR) is 58.6 cm³/mol. The number of azide groups is 1. The molecule has 0 saturated carbocycles. The monoisotopic (exact) mass is 203 g/mol. The van der Waals surface area contributed by atoms with Gasteiger partial charge in [0.25, 0.3) is 0 Å². The Bertz CT molecular complexity index is 408. The van der Waals surface area contributed by atoms with Gasteiger partial charge in [0.15, 0.2) is 0 Å². The molecule has 0 fully saturated rings. The van der Waals surface area contributed by atoms with Gasteiger partial charge in [0.2, 0.25) is 5.91 Å². The second-order valence-corrected chi connectivity index (χ2v) is 4.32. The van der Waals surface area contributed by atoms with Crippen molar-refractivity contribution in [1.29, 1.82) is 0 Å². The quantitative estimate of drug-likeness (QED) is 0.391. The number of hydrogen-bond donors (Lipinski definition) is 0. The molecule has 1 amide bonds. The van der Waals surface area contributed by atoms with E-state index in [1.54, 1.807) is 12.1 Å². The van der Waals surface area contributed by atoms with E-state index >= 15 is 0 Å². The van der Waals surface area contributed by atoms with Crippen molar-refractivity contribution < 1.29 is 4.79 Å². The largest absolute Gasteiger partial charge is 0.287 e. The second-order valence-electron chi connectivity index (χ2n) is 4.32. The van der Waals surface area contributed by atoms with Gasteiger partial charge in [-0.2, -0.15) is 0 Å². The molecule has 78 valence electrons. The lowest BCUT2D eigenvalue weighted by Crippen LogP contribution is -2.11. The van der Waals surface area contributed by atoms with Gasteiger partial charge in [-0.1, -0.05) is 45.0 Å². The maximum absolute atomic E-state index is 11.2. The van der Waals surface area contributed by atoms with Crippen molar-refractivity contribution in [3.8, 4) is 0 Å². The molecule has 1 aromatic carbocycles. The number of hydrogen-bond acceptors (Lipinski definition) is 1. The zero-order valence-corrected chi connectivity index (χ0v) is 9.06. The normalized spacial score (nSPS) is 10.6. The van der Waals surface area contributed by atoms with Crippen molar-refractivity contribution in [3.05, 3.63) is 45.8 Å². The molecule has 4 heteroatoms. The molecule has 0 unspecified atom stereocenters. The summed E-state index contributed by atoms with van der Waals surface area (Å²) in [6, 6.07) is 7.11. The average molecular weight is 203 g/mol. The molecular formula is C11H13N3O. The Hall–Kier alpha value is -1.80. The molecule has 1 aromatic rings. The van der Waals surface area contributed by atoms with E-state index in [0.717, 1.165) is 5.56 Å². The fourth-order valence-electron chi connectivity index (χ4n) is 1.21. The van der Waals surface area contributed by atoms with Crippen molar-refractivity contribution in [2.45, 2.75) is 26.2 Å². The first-order chi connectivity index (χ1) is 6.95. The van der Waals surface area contributed by atoms with Crippen LogP contribution in [0.4, 0.5) is 0 Å². The van der Waals surface area contributed by atoms with E-state index in [-0.39, 0.29) is 5.41 Å². The first kappa shape index (κ1) is 11.3. The summed E-state index contributed by atoms with van der Waals surface area (Å²) >= 11 is 0. The minimum atomic E-state index is -0.544. The fourth-order valence-corrected chi connectivity index (χ4v) is 1.21. The molecule has 1 rings (SSSR count). The molecule has 0 radical (unpaired) electrons. The summed E-state index contributed by atoms with van der Waals surface area (Å²) < 4.78 is 0. The minimum absolute atomic E-state index is 0.0556. The predicted octanol–water partition coefficient (Wildman–Crippen LogP) is 3.43. The van der Waals surface area contributed by atoms with Gasteiger partial charge in [-0.3, -0.25) is 4.79 Å². The van der Waals surface area contributed by atoms with Gasteiger partial charge in [-0.15, -0.1) is 0 Å². The molecule has 4 nitrogen and oxygen atoms in total. The Balaban J connectivity index is 3.00. The third-order valence-corrected chi connectivity index (χ3v) is 2.13. The van der Waals surface area contributed by atoms with Gasteiger partial charge in [-0.25, -0.2) is 0 Å². The third kappa shape index (κ3) is 2.82. The van der Waals surface area contributed by atoms with Gasteiger partial charge >= 0.3 is 0 Å². The minimum Gasteiger partial charge on any atom is -0.287 e. The van der Waals surface area contributed by atoms with Crippen molar-refractivity contribution in [3.63, 3.8) is 0 Å². The van der Waals surface area contributed by atoms with E-state index in [0.29, 0.717) is 5.56 Å². The molecule has 0 aliphatic heterocycles. The number of rotatable bonds is 1. The van der Waals surface area contributed by atoms with Crippen LogP contribution in [0.2, 0.25) is 0 Å². The van der Waals surface area contributed by atoms with Crippen molar-refractivity contribution in [2.24, 2.45) is 5.11 Å². The summed E-state index contributed by atoms with van der Waals surface area (Å²) in [5.41, 5.74) is 9.73. The van der Waals surface area contributed by atoms with Crippen LogP contribution in [0.15, 0.2) is 29.4 Å². The average Bonchev–Trinajstić information content (AvgIpc) is 2.17. The lowest BCUT2D eigenvalue weighted by atomic mass is 9.87. The first-order valence-corrected chi connectivity index (χ1v) is 4.65. The van der Waals surface area contributed by atoms with Gasteiger partial charge in [0.05, 0.1) is 0 Å². The third-order valence-electron chi connectivity index (χ3n) is 2.13. The summed E-state index contributed by atoms with van der Waals surface area (Å²) in [5, 5.41) is 3.03. The Kier molecular flexibility index (Phi) is 3.12. The number of amides is 1. The maximum atomic E-state index is 11.2. The van der Waals surface area contributed by atoms with Crippen LogP contribution >= 0.6 is 0 Å². The van der Waals surface area contributed by atoms with E-state index < -0.39 is 5.91 Å².